The fourth-order valence-electron chi connectivity index (χ4n) is 3.88. The van der Waals surface area contributed by atoms with Crippen LogP contribution in [0.2, 0.25) is 0 Å². The van der Waals surface area contributed by atoms with Crippen molar-refractivity contribution in [2.45, 2.75) is 13.1 Å². The molecule has 4 aromatic rings. The van der Waals surface area contributed by atoms with Crippen LogP contribution in [0.15, 0.2) is 48.5 Å². The Balaban J connectivity index is 1.68. The summed E-state index contributed by atoms with van der Waals surface area (Å²) < 4.78 is 129. The number of nitrogens with one attached hydrogen (secondary N) is 2. The van der Waals surface area contributed by atoms with Gasteiger partial charge >= 0.3 is 0 Å². The van der Waals surface area contributed by atoms with Crippen LogP contribution in [0.4, 0.5) is 46.5 Å². The molecule has 0 aliphatic heterocycles. The quantitative estimate of drug-likeness (QED) is 0.160. The molecule has 0 spiro atoms. The summed E-state index contributed by atoms with van der Waals surface area (Å²) in [4.78, 5) is 0. The van der Waals surface area contributed by atoms with Crippen LogP contribution < -0.4 is 20.1 Å². The standard InChI is InChI=1S/C28H20F8N2O2/c1-39-15-7-3-13(4-8-15)11-37-27-23(33)19(29)17(20(30)24(27)34)18-21(31)25(35)28(26(36)22(18)32)38-12-14-5-9-16(40-2)10-6-14/h3-10,37-38H,11-12H2,1-2H3. The molecule has 0 radical (unpaired) electrons. The first-order chi connectivity index (χ1) is 19.1. The number of halogens is 8. The van der Waals surface area contributed by atoms with E-state index in [4.69, 9.17) is 9.47 Å². The monoisotopic (exact) mass is 568 g/mol. The van der Waals surface area contributed by atoms with Gasteiger partial charge in [0.25, 0.3) is 0 Å². The summed E-state index contributed by atoms with van der Waals surface area (Å²) in [7, 11) is 2.84. The van der Waals surface area contributed by atoms with Crippen molar-refractivity contribution in [1.82, 2.24) is 0 Å². The van der Waals surface area contributed by atoms with Crippen molar-refractivity contribution in [3.8, 4) is 22.6 Å². The number of hydrogen-bond acceptors (Lipinski definition) is 4. The minimum Gasteiger partial charge on any atom is -0.497 e. The van der Waals surface area contributed by atoms with Crippen molar-refractivity contribution in [2.75, 3.05) is 24.9 Å². The molecule has 40 heavy (non-hydrogen) atoms. The number of anilines is 2. The third-order valence-electron chi connectivity index (χ3n) is 6.03. The number of rotatable bonds is 9. The van der Waals surface area contributed by atoms with E-state index in [-0.39, 0.29) is 13.1 Å². The highest BCUT2D eigenvalue weighted by molar-refractivity contribution is 5.72. The molecule has 0 saturated carbocycles. The van der Waals surface area contributed by atoms with E-state index in [0.717, 1.165) is 0 Å². The Bertz CT molecular complexity index is 1370. The lowest BCUT2D eigenvalue weighted by molar-refractivity contribution is 0.414. The predicted octanol–water partition coefficient (Wildman–Crippen LogP) is 7.71. The summed E-state index contributed by atoms with van der Waals surface area (Å²) >= 11 is 0. The van der Waals surface area contributed by atoms with Crippen LogP contribution in [0.3, 0.4) is 0 Å². The van der Waals surface area contributed by atoms with Crippen molar-refractivity contribution in [3.05, 3.63) is 106 Å². The lowest BCUT2D eigenvalue weighted by Crippen LogP contribution is -2.13. The number of methoxy groups -OCH3 is 2. The fraction of sp³-hybridized carbons (Fsp3) is 0.143. The van der Waals surface area contributed by atoms with Crippen LogP contribution in [-0.4, -0.2) is 14.2 Å². The van der Waals surface area contributed by atoms with Gasteiger partial charge in [-0.2, -0.15) is 0 Å². The molecule has 0 bridgehead atoms. The van der Waals surface area contributed by atoms with Crippen LogP contribution in [0.1, 0.15) is 11.1 Å². The second kappa shape index (κ2) is 11.7. The van der Waals surface area contributed by atoms with Gasteiger partial charge in [0, 0.05) is 13.1 Å². The molecule has 0 heterocycles. The summed E-state index contributed by atoms with van der Waals surface area (Å²) in [5.41, 5.74) is -5.59. The van der Waals surface area contributed by atoms with Gasteiger partial charge in [0.2, 0.25) is 0 Å². The van der Waals surface area contributed by atoms with Gasteiger partial charge in [-0.15, -0.1) is 0 Å². The van der Waals surface area contributed by atoms with Gasteiger partial charge < -0.3 is 20.1 Å². The molecule has 0 unspecified atom stereocenters. The number of ether oxygens (including phenoxy) is 2. The Morgan fingerprint density at radius 3 is 0.975 bits per heavy atom. The number of hydrogen-bond donors (Lipinski definition) is 2. The minimum atomic E-state index is -2.26. The van der Waals surface area contributed by atoms with E-state index in [9.17, 15) is 35.1 Å². The van der Waals surface area contributed by atoms with Gasteiger partial charge in [-0.1, -0.05) is 24.3 Å². The maximum Gasteiger partial charge on any atom is 0.185 e. The summed E-state index contributed by atoms with van der Waals surface area (Å²) in [5, 5.41) is 4.34. The van der Waals surface area contributed by atoms with Crippen molar-refractivity contribution in [2.24, 2.45) is 0 Å². The maximum atomic E-state index is 14.9. The number of benzene rings is 4. The average molecular weight is 568 g/mol. The smallest absolute Gasteiger partial charge is 0.185 e. The molecular formula is C28H20F8N2O2. The van der Waals surface area contributed by atoms with Gasteiger partial charge in [0.15, 0.2) is 46.5 Å². The van der Waals surface area contributed by atoms with Crippen LogP contribution in [0, 0.1) is 46.5 Å². The molecule has 0 saturated heterocycles. The molecule has 4 nitrogen and oxygen atoms in total. The SMILES string of the molecule is COc1ccc(CNc2c(F)c(F)c(-c3c(F)c(F)c(NCc4ccc(OC)cc4)c(F)c3F)c(F)c2F)cc1. The first-order valence-electron chi connectivity index (χ1n) is 11.5. The summed E-state index contributed by atoms with van der Waals surface area (Å²) in [6, 6.07) is 12.1. The van der Waals surface area contributed by atoms with Crippen LogP contribution in [0.5, 0.6) is 11.5 Å². The Kier molecular flexibility index (Phi) is 8.36. The molecule has 2 N–H and O–H groups in total. The molecule has 0 aliphatic carbocycles. The van der Waals surface area contributed by atoms with Crippen molar-refractivity contribution < 1.29 is 44.6 Å². The molecule has 4 aromatic carbocycles. The molecule has 0 aromatic heterocycles. The summed E-state index contributed by atoms with van der Waals surface area (Å²) in [6.45, 7) is -0.618. The topological polar surface area (TPSA) is 42.5 Å². The van der Waals surface area contributed by atoms with Gasteiger partial charge in [0.05, 0.1) is 25.3 Å². The highest BCUT2D eigenvalue weighted by Gasteiger charge is 2.34. The lowest BCUT2D eigenvalue weighted by atomic mass is 10.00. The molecule has 12 heteroatoms. The van der Waals surface area contributed by atoms with E-state index < -0.39 is 69.0 Å². The van der Waals surface area contributed by atoms with Crippen molar-refractivity contribution in [3.63, 3.8) is 0 Å². The van der Waals surface area contributed by atoms with Gasteiger partial charge in [-0.25, -0.2) is 35.1 Å². The normalized spacial score (nSPS) is 10.9. The molecule has 0 amide bonds. The Hall–Kier alpha value is -4.48. The van der Waals surface area contributed by atoms with E-state index in [0.29, 0.717) is 22.6 Å². The van der Waals surface area contributed by atoms with Gasteiger partial charge in [0.1, 0.15) is 22.9 Å². The van der Waals surface area contributed by atoms with E-state index in [1.807, 2.05) is 0 Å². The summed E-state index contributed by atoms with van der Waals surface area (Å²) in [6.07, 6.45) is 0. The molecular weight excluding hydrogens is 548 g/mol. The fourth-order valence-corrected chi connectivity index (χ4v) is 3.88. The van der Waals surface area contributed by atoms with Crippen molar-refractivity contribution >= 4 is 11.4 Å². The van der Waals surface area contributed by atoms with E-state index in [1.54, 1.807) is 0 Å². The zero-order valence-electron chi connectivity index (χ0n) is 20.9. The molecule has 0 fully saturated rings. The van der Waals surface area contributed by atoms with E-state index in [1.165, 1.54) is 62.8 Å². The van der Waals surface area contributed by atoms with Gasteiger partial charge in [-0.3, -0.25) is 0 Å². The summed E-state index contributed by atoms with van der Waals surface area (Å²) in [5.74, 6) is -16.3. The largest absolute Gasteiger partial charge is 0.497 e. The lowest BCUT2D eigenvalue weighted by Gasteiger charge is -2.17. The predicted molar refractivity (Wildman–Crippen MR) is 132 cm³/mol. The van der Waals surface area contributed by atoms with Crippen LogP contribution >= 0.6 is 0 Å². The zero-order valence-corrected chi connectivity index (χ0v) is 20.9. The third-order valence-corrected chi connectivity index (χ3v) is 6.03. The third kappa shape index (κ3) is 5.33. The Morgan fingerprint density at radius 2 is 0.725 bits per heavy atom. The first-order valence-corrected chi connectivity index (χ1v) is 11.5. The Morgan fingerprint density at radius 1 is 0.450 bits per heavy atom. The highest BCUT2D eigenvalue weighted by Crippen LogP contribution is 2.40. The molecule has 0 atom stereocenters. The molecule has 4 rings (SSSR count). The highest BCUT2D eigenvalue weighted by atomic mass is 19.2. The average Bonchev–Trinajstić information content (AvgIpc) is 2.97. The minimum absolute atomic E-state index is 0.309. The van der Waals surface area contributed by atoms with Crippen molar-refractivity contribution in [1.29, 1.82) is 0 Å². The second-order valence-corrected chi connectivity index (χ2v) is 8.42. The van der Waals surface area contributed by atoms with Gasteiger partial charge in [-0.05, 0) is 35.4 Å². The zero-order chi connectivity index (χ0) is 29.1. The molecule has 0 aliphatic rings. The van der Waals surface area contributed by atoms with E-state index >= 15 is 0 Å². The Labute approximate surface area is 223 Å². The van der Waals surface area contributed by atoms with E-state index in [2.05, 4.69) is 10.6 Å². The second-order valence-electron chi connectivity index (χ2n) is 8.42. The molecule has 210 valence electrons. The first kappa shape index (κ1) is 28.5. The van der Waals surface area contributed by atoms with Crippen LogP contribution in [0.25, 0.3) is 11.1 Å². The van der Waals surface area contributed by atoms with Crippen LogP contribution in [-0.2, 0) is 13.1 Å². The maximum absolute atomic E-state index is 14.9.